The monoisotopic (exact) mass is 311 g/mol. The van der Waals surface area contributed by atoms with E-state index in [1.54, 1.807) is 0 Å². The Morgan fingerprint density at radius 2 is 1.70 bits per heavy atom. The number of hydrogen-bond acceptors (Lipinski definition) is 4. The third kappa shape index (κ3) is 3.03. The van der Waals surface area contributed by atoms with E-state index in [4.69, 9.17) is 5.11 Å². The molecular weight excluding hydrogens is 299 g/mol. The van der Waals surface area contributed by atoms with E-state index < -0.39 is 37.4 Å². The van der Waals surface area contributed by atoms with Crippen LogP contribution in [0.25, 0.3) is 0 Å². The number of halogens is 3. The average Bonchev–Trinajstić information content (AvgIpc) is 2.27. The van der Waals surface area contributed by atoms with Crippen LogP contribution < -0.4 is 5.32 Å². The molecule has 0 amide bonds. The molecule has 0 heterocycles. The Balaban J connectivity index is 3.37. The zero-order chi connectivity index (χ0) is 15.8. The fourth-order valence-corrected chi connectivity index (χ4v) is 2.23. The van der Waals surface area contributed by atoms with Gasteiger partial charge in [0.15, 0.2) is 0 Å². The molecule has 1 rings (SSSR count). The van der Waals surface area contributed by atoms with Gasteiger partial charge < -0.3 is 10.4 Å². The highest BCUT2D eigenvalue weighted by molar-refractivity contribution is 7.92. The van der Waals surface area contributed by atoms with E-state index in [1.165, 1.54) is 19.9 Å². The van der Waals surface area contributed by atoms with Gasteiger partial charge in [-0.1, -0.05) is 12.1 Å². The van der Waals surface area contributed by atoms with Gasteiger partial charge in [-0.15, -0.1) is 0 Å². The molecule has 0 unspecified atom stereocenters. The van der Waals surface area contributed by atoms with Crippen LogP contribution in [0.2, 0.25) is 0 Å². The van der Waals surface area contributed by atoms with Crippen LogP contribution in [0.4, 0.5) is 18.9 Å². The molecule has 0 aromatic heterocycles. The Kier molecular flexibility index (Phi) is 4.04. The van der Waals surface area contributed by atoms with E-state index in [9.17, 15) is 26.4 Å². The molecule has 2 N–H and O–H groups in total. The van der Waals surface area contributed by atoms with Crippen molar-refractivity contribution < 1.29 is 31.5 Å². The fraction of sp³-hybridized carbons (Fsp3) is 0.364. The molecule has 0 aliphatic carbocycles. The number of para-hydroxylation sites is 1. The number of rotatable bonds is 4. The third-order valence-corrected chi connectivity index (χ3v) is 4.01. The van der Waals surface area contributed by atoms with Crippen molar-refractivity contribution in [1.29, 1.82) is 0 Å². The molecule has 0 saturated carbocycles. The van der Waals surface area contributed by atoms with Crippen LogP contribution in [0.5, 0.6) is 0 Å². The molecule has 0 aliphatic rings. The predicted octanol–water partition coefficient (Wildman–Crippen LogP) is 2.26. The van der Waals surface area contributed by atoms with Crippen LogP contribution in [0.15, 0.2) is 29.2 Å². The van der Waals surface area contributed by atoms with Gasteiger partial charge in [0.2, 0.25) is 0 Å². The van der Waals surface area contributed by atoms with Crippen molar-refractivity contribution in [2.45, 2.75) is 29.8 Å². The lowest BCUT2D eigenvalue weighted by molar-refractivity contribution is -0.141. The van der Waals surface area contributed by atoms with Crippen molar-refractivity contribution in [2.75, 3.05) is 5.32 Å². The topological polar surface area (TPSA) is 83.5 Å². The normalized spacial score (nSPS) is 13.1. The SMILES string of the molecule is CC(C)(Nc1ccccc1S(=O)(=O)C(F)(F)F)C(=O)O. The summed E-state index contributed by atoms with van der Waals surface area (Å²) in [5.41, 5.74) is -7.51. The Hall–Kier alpha value is -1.77. The maximum Gasteiger partial charge on any atom is 0.501 e. The van der Waals surface area contributed by atoms with Gasteiger partial charge >= 0.3 is 11.5 Å². The Labute approximate surface area is 113 Å². The Bertz CT molecular complexity index is 623. The standard InChI is InChI=1S/C11H12F3NO4S/c1-10(2,9(16)17)15-7-5-3-4-6-8(7)20(18,19)11(12,13)14/h3-6,15H,1-2H3,(H,16,17). The smallest absolute Gasteiger partial charge is 0.480 e. The largest absolute Gasteiger partial charge is 0.501 e. The highest BCUT2D eigenvalue weighted by Crippen LogP contribution is 2.35. The zero-order valence-electron chi connectivity index (χ0n) is 10.5. The number of sulfone groups is 1. The van der Waals surface area contributed by atoms with Crippen LogP contribution in [0.3, 0.4) is 0 Å². The van der Waals surface area contributed by atoms with Gasteiger partial charge in [-0.25, -0.2) is 13.2 Å². The summed E-state index contributed by atoms with van der Waals surface area (Å²) in [4.78, 5) is 9.94. The molecule has 0 spiro atoms. The minimum absolute atomic E-state index is 0.419. The van der Waals surface area contributed by atoms with Gasteiger partial charge in [-0.2, -0.15) is 13.2 Å². The van der Waals surface area contributed by atoms with E-state index in [0.29, 0.717) is 0 Å². The number of hydrogen-bond donors (Lipinski definition) is 2. The molecule has 1 aromatic rings. The number of benzene rings is 1. The number of carboxylic acids is 1. The lowest BCUT2D eigenvalue weighted by Crippen LogP contribution is -2.40. The Morgan fingerprint density at radius 3 is 2.15 bits per heavy atom. The van der Waals surface area contributed by atoms with E-state index in [2.05, 4.69) is 5.32 Å². The molecule has 112 valence electrons. The van der Waals surface area contributed by atoms with Crippen molar-refractivity contribution >= 4 is 21.5 Å². The average molecular weight is 311 g/mol. The molecule has 0 aliphatic heterocycles. The molecule has 1 aromatic carbocycles. The molecule has 0 atom stereocenters. The molecule has 9 heteroatoms. The van der Waals surface area contributed by atoms with Crippen LogP contribution >= 0.6 is 0 Å². The summed E-state index contributed by atoms with van der Waals surface area (Å²) in [5.74, 6) is -1.34. The summed E-state index contributed by atoms with van der Waals surface area (Å²) < 4.78 is 60.5. The van der Waals surface area contributed by atoms with Crippen LogP contribution in [0.1, 0.15) is 13.8 Å². The summed E-state index contributed by atoms with van der Waals surface area (Å²) in [5, 5.41) is 11.2. The summed E-state index contributed by atoms with van der Waals surface area (Å²) in [6.45, 7) is 2.40. The van der Waals surface area contributed by atoms with Crippen LogP contribution in [-0.2, 0) is 14.6 Å². The van der Waals surface area contributed by atoms with Crippen molar-refractivity contribution in [3.05, 3.63) is 24.3 Å². The number of alkyl halides is 3. The van der Waals surface area contributed by atoms with Crippen molar-refractivity contribution in [3.8, 4) is 0 Å². The minimum Gasteiger partial charge on any atom is -0.480 e. The van der Waals surface area contributed by atoms with Gasteiger partial charge in [0.1, 0.15) is 5.54 Å². The maximum absolute atomic E-state index is 12.6. The first-order chi connectivity index (χ1) is 8.89. The van der Waals surface area contributed by atoms with Gasteiger partial charge in [0, 0.05) is 0 Å². The van der Waals surface area contributed by atoms with Crippen molar-refractivity contribution in [2.24, 2.45) is 0 Å². The van der Waals surface area contributed by atoms with E-state index in [0.717, 1.165) is 18.2 Å². The highest BCUT2D eigenvalue weighted by Gasteiger charge is 2.48. The second kappa shape index (κ2) is 4.97. The van der Waals surface area contributed by atoms with Gasteiger partial charge in [0.05, 0.1) is 10.6 Å². The van der Waals surface area contributed by atoms with Gasteiger partial charge in [-0.3, -0.25) is 0 Å². The van der Waals surface area contributed by atoms with E-state index in [-0.39, 0.29) is 0 Å². The lowest BCUT2D eigenvalue weighted by atomic mass is 10.1. The first-order valence-electron chi connectivity index (χ1n) is 5.31. The summed E-state index contributed by atoms with van der Waals surface area (Å²) >= 11 is 0. The molecule has 0 bridgehead atoms. The number of aliphatic carboxylic acids is 1. The highest BCUT2D eigenvalue weighted by atomic mass is 32.2. The molecule has 5 nitrogen and oxygen atoms in total. The van der Waals surface area contributed by atoms with E-state index in [1.807, 2.05) is 0 Å². The summed E-state index contributed by atoms with van der Waals surface area (Å²) in [6.07, 6.45) is 0. The minimum atomic E-state index is -5.56. The second-order valence-electron chi connectivity index (χ2n) is 4.50. The molecular formula is C11H12F3NO4S. The number of nitrogens with one attached hydrogen (secondary N) is 1. The maximum atomic E-state index is 12.6. The molecule has 20 heavy (non-hydrogen) atoms. The second-order valence-corrected chi connectivity index (χ2v) is 6.41. The van der Waals surface area contributed by atoms with Crippen molar-refractivity contribution in [1.82, 2.24) is 0 Å². The first kappa shape index (κ1) is 16.3. The number of carbonyl (C=O) groups is 1. The number of carboxylic acid groups (broad SMARTS) is 1. The molecule has 0 fully saturated rings. The summed E-state index contributed by atoms with van der Waals surface area (Å²) in [7, 11) is -5.56. The van der Waals surface area contributed by atoms with Crippen molar-refractivity contribution in [3.63, 3.8) is 0 Å². The van der Waals surface area contributed by atoms with Gasteiger partial charge in [0.25, 0.3) is 9.84 Å². The predicted molar refractivity (Wildman–Crippen MR) is 65.0 cm³/mol. The lowest BCUT2D eigenvalue weighted by Gasteiger charge is -2.24. The third-order valence-electron chi connectivity index (χ3n) is 2.46. The van der Waals surface area contributed by atoms with Crippen LogP contribution in [-0.4, -0.2) is 30.5 Å². The molecule has 0 saturated heterocycles. The Morgan fingerprint density at radius 1 is 1.20 bits per heavy atom. The summed E-state index contributed by atoms with van der Waals surface area (Å²) in [6, 6.07) is 4.26. The molecule has 0 radical (unpaired) electrons. The quantitative estimate of drug-likeness (QED) is 0.891. The number of anilines is 1. The fourth-order valence-electron chi connectivity index (χ4n) is 1.32. The first-order valence-corrected chi connectivity index (χ1v) is 6.80. The van der Waals surface area contributed by atoms with Gasteiger partial charge in [-0.05, 0) is 26.0 Å². The zero-order valence-corrected chi connectivity index (χ0v) is 11.3. The van der Waals surface area contributed by atoms with Crippen LogP contribution in [0, 0.1) is 0 Å². The van der Waals surface area contributed by atoms with E-state index >= 15 is 0 Å².